The Morgan fingerprint density at radius 3 is 2.93 bits per heavy atom. The van der Waals surface area contributed by atoms with Gasteiger partial charge in [-0.25, -0.2) is 4.98 Å². The third kappa shape index (κ3) is 4.57. The molecular formula is C19H26ClN5O3. The van der Waals surface area contributed by atoms with E-state index in [1.807, 2.05) is 36.0 Å². The Morgan fingerprint density at radius 1 is 1.32 bits per heavy atom. The van der Waals surface area contributed by atoms with Gasteiger partial charge in [-0.2, -0.15) is 0 Å². The second kappa shape index (κ2) is 9.27. The van der Waals surface area contributed by atoms with Crippen molar-refractivity contribution in [1.29, 1.82) is 0 Å². The quantitative estimate of drug-likeness (QED) is 0.801. The highest BCUT2D eigenvalue weighted by atomic mass is 35.5. The van der Waals surface area contributed by atoms with Crippen LogP contribution in [0.15, 0.2) is 30.6 Å². The number of aryl methyl sites for hydroxylation is 1. The molecule has 9 heteroatoms. The van der Waals surface area contributed by atoms with Gasteiger partial charge in [-0.3, -0.25) is 9.69 Å². The van der Waals surface area contributed by atoms with E-state index in [4.69, 9.17) is 9.47 Å². The van der Waals surface area contributed by atoms with Crippen molar-refractivity contribution in [3.05, 3.63) is 36.4 Å². The van der Waals surface area contributed by atoms with Crippen LogP contribution >= 0.6 is 12.4 Å². The zero-order valence-corrected chi connectivity index (χ0v) is 16.7. The minimum atomic E-state index is -0.0504. The van der Waals surface area contributed by atoms with Gasteiger partial charge in [0.15, 0.2) is 11.5 Å². The summed E-state index contributed by atoms with van der Waals surface area (Å²) in [5, 5.41) is 6.36. The lowest BCUT2D eigenvalue weighted by Crippen LogP contribution is -2.49. The fourth-order valence-electron chi connectivity index (χ4n) is 3.51. The highest BCUT2D eigenvalue weighted by molar-refractivity contribution is 5.92. The number of nitrogens with one attached hydrogen (secondary N) is 2. The molecule has 1 aromatic heterocycles. The Bertz CT molecular complexity index is 813. The van der Waals surface area contributed by atoms with Crippen molar-refractivity contribution in [2.75, 3.05) is 44.7 Å². The zero-order valence-electron chi connectivity index (χ0n) is 15.9. The van der Waals surface area contributed by atoms with Crippen LogP contribution in [0.1, 0.15) is 18.3 Å². The molecule has 4 rings (SSSR count). The van der Waals surface area contributed by atoms with Gasteiger partial charge in [0.05, 0.1) is 25.8 Å². The van der Waals surface area contributed by atoms with Gasteiger partial charge in [0.2, 0.25) is 5.91 Å². The van der Waals surface area contributed by atoms with Crippen LogP contribution in [0, 0.1) is 0 Å². The number of benzene rings is 1. The van der Waals surface area contributed by atoms with Crippen molar-refractivity contribution in [2.24, 2.45) is 7.05 Å². The molecule has 0 bridgehead atoms. The van der Waals surface area contributed by atoms with Gasteiger partial charge >= 0.3 is 0 Å². The maximum atomic E-state index is 12.6. The first-order valence-corrected chi connectivity index (χ1v) is 9.32. The Morgan fingerprint density at radius 2 is 2.14 bits per heavy atom. The van der Waals surface area contributed by atoms with Gasteiger partial charge < -0.3 is 24.7 Å². The van der Waals surface area contributed by atoms with Crippen molar-refractivity contribution in [1.82, 2.24) is 19.8 Å². The van der Waals surface area contributed by atoms with Crippen LogP contribution < -0.4 is 20.1 Å². The number of nitrogens with zero attached hydrogens (tertiary/aromatic N) is 3. The summed E-state index contributed by atoms with van der Waals surface area (Å²) < 4.78 is 13.3. The van der Waals surface area contributed by atoms with E-state index < -0.39 is 0 Å². The summed E-state index contributed by atoms with van der Waals surface area (Å²) in [6, 6.07) is 5.59. The van der Waals surface area contributed by atoms with Crippen molar-refractivity contribution < 1.29 is 14.3 Å². The number of anilines is 1. The van der Waals surface area contributed by atoms with Gasteiger partial charge in [-0.05, 0) is 12.1 Å². The number of ether oxygens (including phenoxy) is 2. The number of halogens is 1. The maximum Gasteiger partial charge on any atom is 0.238 e. The molecule has 1 amide bonds. The number of carbonyl (C=O) groups excluding carboxylic acids is 1. The van der Waals surface area contributed by atoms with Gasteiger partial charge in [0.25, 0.3) is 0 Å². The van der Waals surface area contributed by atoms with Gasteiger partial charge in [-0.15, -0.1) is 12.4 Å². The molecule has 0 spiro atoms. The lowest BCUT2D eigenvalue weighted by Gasteiger charge is -2.35. The lowest BCUT2D eigenvalue weighted by atomic mass is 10.1. The SMILES string of the molecule is Cl.Cn1ccnc1C1CNCCN1CC(=O)Nc1ccc2c(c1)OCCCO2. The summed E-state index contributed by atoms with van der Waals surface area (Å²) in [7, 11) is 1.98. The van der Waals surface area contributed by atoms with E-state index in [9.17, 15) is 4.79 Å². The van der Waals surface area contributed by atoms with E-state index in [1.54, 1.807) is 6.20 Å². The number of aromatic nitrogens is 2. The van der Waals surface area contributed by atoms with Crippen molar-refractivity contribution in [3.8, 4) is 11.5 Å². The number of hydrogen-bond donors (Lipinski definition) is 2. The number of carbonyl (C=O) groups is 1. The third-order valence-corrected chi connectivity index (χ3v) is 4.89. The number of amides is 1. The van der Waals surface area contributed by atoms with Crippen LogP contribution in [0.3, 0.4) is 0 Å². The largest absolute Gasteiger partial charge is 0.490 e. The number of piperazine rings is 1. The van der Waals surface area contributed by atoms with Crippen molar-refractivity contribution >= 4 is 24.0 Å². The summed E-state index contributed by atoms with van der Waals surface area (Å²) in [6.07, 6.45) is 4.58. The highest BCUT2D eigenvalue weighted by Crippen LogP contribution is 2.32. The molecule has 2 N–H and O–H groups in total. The summed E-state index contributed by atoms with van der Waals surface area (Å²) in [5.41, 5.74) is 0.716. The number of rotatable bonds is 4. The van der Waals surface area contributed by atoms with Crippen molar-refractivity contribution in [3.63, 3.8) is 0 Å². The molecule has 2 aliphatic heterocycles. The van der Waals surface area contributed by atoms with Gasteiger partial charge in [-0.1, -0.05) is 0 Å². The molecule has 2 aromatic rings. The fraction of sp³-hybridized carbons (Fsp3) is 0.474. The molecule has 1 fully saturated rings. The molecule has 8 nitrogen and oxygen atoms in total. The monoisotopic (exact) mass is 407 g/mol. The van der Waals surface area contributed by atoms with E-state index in [2.05, 4.69) is 20.5 Å². The first kappa shape index (κ1) is 20.4. The predicted molar refractivity (Wildman–Crippen MR) is 108 cm³/mol. The van der Waals surface area contributed by atoms with E-state index in [0.717, 1.165) is 37.6 Å². The summed E-state index contributed by atoms with van der Waals surface area (Å²) in [5.74, 6) is 2.32. The molecular weight excluding hydrogens is 382 g/mol. The second-order valence-electron chi connectivity index (χ2n) is 6.85. The Kier molecular flexibility index (Phi) is 6.77. The van der Waals surface area contributed by atoms with Crippen molar-refractivity contribution in [2.45, 2.75) is 12.5 Å². The zero-order chi connectivity index (χ0) is 18.6. The molecule has 1 saturated heterocycles. The topological polar surface area (TPSA) is 80.7 Å². The standard InChI is InChI=1S/C19H25N5O3.ClH/c1-23-7-6-21-19(23)15-12-20-5-8-24(15)13-18(25)22-14-3-4-16-17(11-14)27-10-2-9-26-16;/h3-4,6-7,11,15,20H,2,5,8-10,12-13H2,1H3,(H,22,25);1H. The minimum Gasteiger partial charge on any atom is -0.490 e. The molecule has 1 aromatic carbocycles. The van der Waals surface area contributed by atoms with Crippen LogP contribution in [0.2, 0.25) is 0 Å². The summed E-state index contributed by atoms with van der Waals surface area (Å²) in [4.78, 5) is 19.3. The molecule has 2 aliphatic rings. The number of imidazole rings is 1. The van der Waals surface area contributed by atoms with E-state index in [1.165, 1.54) is 0 Å². The van der Waals surface area contributed by atoms with Crippen LogP contribution in [0.25, 0.3) is 0 Å². The summed E-state index contributed by atoms with van der Waals surface area (Å²) >= 11 is 0. The third-order valence-electron chi connectivity index (χ3n) is 4.89. The Labute approximate surface area is 170 Å². The molecule has 0 saturated carbocycles. The number of hydrogen-bond acceptors (Lipinski definition) is 6. The van der Waals surface area contributed by atoms with Crippen LogP contribution in [-0.2, 0) is 11.8 Å². The van der Waals surface area contributed by atoms with E-state index in [0.29, 0.717) is 31.2 Å². The van der Waals surface area contributed by atoms with Crippen LogP contribution in [0.5, 0.6) is 11.5 Å². The first-order chi connectivity index (χ1) is 13.2. The van der Waals surface area contributed by atoms with Gasteiger partial charge in [0.1, 0.15) is 5.82 Å². The summed E-state index contributed by atoms with van der Waals surface area (Å²) in [6.45, 7) is 4.02. The Balaban J connectivity index is 0.00000225. The maximum absolute atomic E-state index is 12.6. The molecule has 1 atom stereocenters. The fourth-order valence-corrected chi connectivity index (χ4v) is 3.51. The predicted octanol–water partition coefficient (Wildman–Crippen LogP) is 1.59. The molecule has 1 unspecified atom stereocenters. The normalized spacial score (nSPS) is 19.4. The second-order valence-corrected chi connectivity index (χ2v) is 6.85. The molecule has 0 radical (unpaired) electrons. The smallest absolute Gasteiger partial charge is 0.238 e. The molecule has 3 heterocycles. The van der Waals surface area contributed by atoms with E-state index >= 15 is 0 Å². The van der Waals surface area contributed by atoms with Crippen LogP contribution in [0.4, 0.5) is 5.69 Å². The average Bonchev–Trinajstić information content (AvgIpc) is 2.95. The Hall–Kier alpha value is -2.29. The molecule has 152 valence electrons. The highest BCUT2D eigenvalue weighted by Gasteiger charge is 2.28. The minimum absolute atomic E-state index is 0. The van der Waals surface area contributed by atoms with Crippen LogP contribution in [-0.4, -0.2) is 59.8 Å². The van der Waals surface area contributed by atoms with Gasteiger partial charge in [0, 0.05) is 57.3 Å². The molecule has 28 heavy (non-hydrogen) atoms. The molecule has 0 aliphatic carbocycles. The number of fused-ring (bicyclic) bond motifs is 1. The average molecular weight is 408 g/mol. The lowest BCUT2D eigenvalue weighted by molar-refractivity contribution is -0.118. The van der Waals surface area contributed by atoms with E-state index in [-0.39, 0.29) is 24.4 Å². The first-order valence-electron chi connectivity index (χ1n) is 9.32.